The molecule has 0 bridgehead atoms. The van der Waals surface area contributed by atoms with Gasteiger partial charge in [-0.1, -0.05) is 17.7 Å². The molecule has 4 heteroatoms. The van der Waals surface area contributed by atoms with Crippen LogP contribution >= 0.6 is 0 Å². The molecular weight excluding hydrogens is 242 g/mol. The molecule has 4 nitrogen and oxygen atoms in total. The van der Waals surface area contributed by atoms with E-state index in [4.69, 9.17) is 9.47 Å². The standard InChI is InChI=1S/C15H19NO3/c1-2-19-14(17)9-12-3-5-13(6-4-12)15(10-16)7-8-18-11-15/h3,5H,2,4,6-9,11H2,1H3. The van der Waals surface area contributed by atoms with Crippen molar-refractivity contribution in [2.24, 2.45) is 5.41 Å². The topological polar surface area (TPSA) is 59.3 Å². The molecule has 0 spiro atoms. The fraction of sp³-hybridized carbons (Fsp3) is 0.600. The lowest BCUT2D eigenvalue weighted by molar-refractivity contribution is -0.142. The summed E-state index contributed by atoms with van der Waals surface area (Å²) in [6.45, 7) is 3.38. The van der Waals surface area contributed by atoms with Crippen LogP contribution in [-0.4, -0.2) is 25.8 Å². The summed E-state index contributed by atoms with van der Waals surface area (Å²) >= 11 is 0. The number of nitriles is 1. The van der Waals surface area contributed by atoms with Crippen molar-refractivity contribution in [1.82, 2.24) is 0 Å². The maximum atomic E-state index is 11.4. The van der Waals surface area contributed by atoms with Crippen LogP contribution in [0.5, 0.6) is 0 Å². The molecule has 0 aromatic heterocycles. The van der Waals surface area contributed by atoms with Crippen molar-refractivity contribution in [3.63, 3.8) is 0 Å². The first kappa shape index (κ1) is 13.8. The molecule has 102 valence electrons. The molecule has 1 aliphatic carbocycles. The zero-order valence-electron chi connectivity index (χ0n) is 11.3. The van der Waals surface area contributed by atoms with Gasteiger partial charge < -0.3 is 9.47 Å². The van der Waals surface area contributed by atoms with Gasteiger partial charge in [0.1, 0.15) is 5.41 Å². The number of esters is 1. The van der Waals surface area contributed by atoms with E-state index >= 15 is 0 Å². The van der Waals surface area contributed by atoms with Crippen molar-refractivity contribution in [2.75, 3.05) is 19.8 Å². The third-order valence-electron chi connectivity index (χ3n) is 3.76. The summed E-state index contributed by atoms with van der Waals surface area (Å²) in [5.74, 6) is -0.176. The first-order valence-electron chi connectivity index (χ1n) is 6.74. The molecule has 1 atom stereocenters. The molecule has 1 aliphatic heterocycles. The Morgan fingerprint density at radius 3 is 2.89 bits per heavy atom. The van der Waals surface area contributed by atoms with Crippen molar-refractivity contribution in [3.8, 4) is 6.07 Å². The highest BCUT2D eigenvalue weighted by atomic mass is 16.5. The minimum atomic E-state index is -0.439. The van der Waals surface area contributed by atoms with Crippen molar-refractivity contribution in [2.45, 2.75) is 32.6 Å². The molecule has 0 saturated carbocycles. The Morgan fingerprint density at radius 1 is 1.53 bits per heavy atom. The molecule has 1 unspecified atom stereocenters. The predicted molar refractivity (Wildman–Crippen MR) is 70.1 cm³/mol. The number of rotatable bonds is 4. The van der Waals surface area contributed by atoms with E-state index < -0.39 is 5.41 Å². The summed E-state index contributed by atoms with van der Waals surface area (Å²) in [5, 5.41) is 9.38. The lowest BCUT2D eigenvalue weighted by Gasteiger charge is -2.25. The number of nitrogens with zero attached hydrogens (tertiary/aromatic N) is 1. The Kier molecular flexibility index (Phi) is 4.39. The van der Waals surface area contributed by atoms with Gasteiger partial charge >= 0.3 is 5.97 Å². The van der Waals surface area contributed by atoms with E-state index in [2.05, 4.69) is 6.07 Å². The molecule has 0 radical (unpaired) electrons. The first-order valence-corrected chi connectivity index (χ1v) is 6.74. The number of carbonyl (C=O) groups is 1. The summed E-state index contributed by atoms with van der Waals surface area (Å²) < 4.78 is 10.3. The zero-order valence-corrected chi connectivity index (χ0v) is 11.3. The number of hydrogen-bond donors (Lipinski definition) is 0. The van der Waals surface area contributed by atoms with Crippen LogP contribution in [-0.2, 0) is 14.3 Å². The molecule has 0 N–H and O–H groups in total. The average molecular weight is 261 g/mol. The Labute approximate surface area is 113 Å². The second kappa shape index (κ2) is 6.03. The lowest BCUT2D eigenvalue weighted by Crippen LogP contribution is -2.23. The number of ether oxygens (including phenoxy) is 2. The molecule has 0 aromatic rings. The van der Waals surface area contributed by atoms with Gasteiger partial charge in [0.15, 0.2) is 0 Å². The van der Waals surface area contributed by atoms with Crippen LogP contribution in [0, 0.1) is 16.7 Å². The largest absolute Gasteiger partial charge is 0.466 e. The van der Waals surface area contributed by atoms with Crippen LogP contribution < -0.4 is 0 Å². The highest BCUT2D eigenvalue weighted by Gasteiger charge is 2.38. The van der Waals surface area contributed by atoms with Gasteiger partial charge in [-0.15, -0.1) is 0 Å². The highest BCUT2D eigenvalue weighted by Crippen LogP contribution is 2.40. The Balaban J connectivity index is 2.04. The molecule has 1 heterocycles. The number of allylic oxidation sites excluding steroid dienone is 2. The quantitative estimate of drug-likeness (QED) is 0.730. The second-order valence-electron chi connectivity index (χ2n) is 5.00. The van der Waals surface area contributed by atoms with E-state index in [1.165, 1.54) is 0 Å². The maximum absolute atomic E-state index is 11.4. The summed E-state index contributed by atoms with van der Waals surface area (Å²) in [6, 6.07) is 2.41. The molecule has 2 rings (SSSR count). The SMILES string of the molecule is CCOC(=O)CC1=CC=C(C2(C#N)CCOC2)CC1. The molecule has 1 saturated heterocycles. The van der Waals surface area contributed by atoms with Gasteiger partial charge in [-0.3, -0.25) is 4.79 Å². The van der Waals surface area contributed by atoms with Gasteiger partial charge in [-0.2, -0.15) is 5.26 Å². The van der Waals surface area contributed by atoms with Crippen molar-refractivity contribution < 1.29 is 14.3 Å². The monoisotopic (exact) mass is 261 g/mol. The van der Waals surface area contributed by atoms with Crippen molar-refractivity contribution >= 4 is 5.97 Å². The summed E-state index contributed by atoms with van der Waals surface area (Å²) in [7, 11) is 0. The average Bonchev–Trinajstić information content (AvgIpc) is 2.90. The highest BCUT2D eigenvalue weighted by molar-refractivity contribution is 5.72. The van der Waals surface area contributed by atoms with E-state index in [0.717, 1.165) is 30.4 Å². The summed E-state index contributed by atoms with van der Waals surface area (Å²) in [5.41, 5.74) is 1.78. The molecular formula is C15H19NO3. The fourth-order valence-electron chi connectivity index (χ4n) is 2.60. The van der Waals surface area contributed by atoms with Crippen LogP contribution in [0.15, 0.2) is 23.3 Å². The van der Waals surface area contributed by atoms with Gasteiger partial charge in [0, 0.05) is 6.61 Å². The van der Waals surface area contributed by atoms with Gasteiger partial charge in [0.05, 0.1) is 25.7 Å². The second-order valence-corrected chi connectivity index (χ2v) is 5.00. The lowest BCUT2D eigenvalue weighted by atomic mass is 9.76. The van der Waals surface area contributed by atoms with E-state index in [-0.39, 0.29) is 5.97 Å². The third-order valence-corrected chi connectivity index (χ3v) is 3.76. The molecule has 1 fully saturated rings. The molecule has 19 heavy (non-hydrogen) atoms. The van der Waals surface area contributed by atoms with Crippen molar-refractivity contribution in [1.29, 1.82) is 5.26 Å². The Hall–Kier alpha value is -1.60. The number of hydrogen-bond acceptors (Lipinski definition) is 4. The Morgan fingerprint density at radius 2 is 2.37 bits per heavy atom. The van der Waals surface area contributed by atoms with E-state index in [1.54, 1.807) is 0 Å². The van der Waals surface area contributed by atoms with Crippen LogP contribution in [0.1, 0.15) is 32.6 Å². The smallest absolute Gasteiger partial charge is 0.309 e. The predicted octanol–water partition coefficient (Wildman–Crippen LogP) is 2.52. The first-order chi connectivity index (χ1) is 9.20. The van der Waals surface area contributed by atoms with Gasteiger partial charge in [-0.05, 0) is 31.8 Å². The minimum absolute atomic E-state index is 0.176. The maximum Gasteiger partial charge on any atom is 0.309 e. The number of carbonyl (C=O) groups excluding carboxylic acids is 1. The molecule has 0 amide bonds. The zero-order chi connectivity index (χ0) is 13.7. The summed E-state index contributed by atoms with van der Waals surface area (Å²) in [4.78, 5) is 11.4. The Bertz CT molecular complexity index is 451. The van der Waals surface area contributed by atoms with Crippen LogP contribution in [0.4, 0.5) is 0 Å². The fourth-order valence-corrected chi connectivity index (χ4v) is 2.60. The normalized spacial score (nSPS) is 26.3. The van der Waals surface area contributed by atoms with Crippen LogP contribution in [0.2, 0.25) is 0 Å². The van der Waals surface area contributed by atoms with Crippen LogP contribution in [0.25, 0.3) is 0 Å². The molecule has 0 aromatic carbocycles. The van der Waals surface area contributed by atoms with E-state index in [9.17, 15) is 10.1 Å². The minimum Gasteiger partial charge on any atom is -0.466 e. The van der Waals surface area contributed by atoms with Crippen molar-refractivity contribution in [3.05, 3.63) is 23.3 Å². The third kappa shape index (κ3) is 3.05. The summed E-state index contributed by atoms with van der Waals surface area (Å²) in [6.07, 6.45) is 6.75. The molecule has 2 aliphatic rings. The van der Waals surface area contributed by atoms with Crippen LogP contribution in [0.3, 0.4) is 0 Å². The van der Waals surface area contributed by atoms with Gasteiger partial charge in [0.2, 0.25) is 0 Å². The van der Waals surface area contributed by atoms with E-state index in [1.807, 2.05) is 19.1 Å². The van der Waals surface area contributed by atoms with E-state index in [0.29, 0.717) is 26.2 Å². The van der Waals surface area contributed by atoms with Gasteiger partial charge in [0.25, 0.3) is 0 Å². The van der Waals surface area contributed by atoms with Gasteiger partial charge in [-0.25, -0.2) is 0 Å².